The highest BCUT2D eigenvalue weighted by Gasteiger charge is 2.02. The van der Waals surface area contributed by atoms with Crippen molar-refractivity contribution in [2.24, 2.45) is 0 Å². The first-order chi connectivity index (χ1) is 8.26. The summed E-state index contributed by atoms with van der Waals surface area (Å²) in [5.41, 5.74) is 4.79. The monoisotopic (exact) mass is 224 g/mol. The van der Waals surface area contributed by atoms with Crippen LogP contribution in [0.1, 0.15) is 5.56 Å². The molecule has 1 aromatic heterocycles. The molecule has 3 rings (SSSR count). The minimum Gasteiger partial charge on any atom is -0.497 e. The second-order valence-electron chi connectivity index (χ2n) is 4.07. The predicted molar refractivity (Wildman–Crippen MR) is 68.3 cm³/mol. The summed E-state index contributed by atoms with van der Waals surface area (Å²) in [6, 6.07) is 11.8. The summed E-state index contributed by atoms with van der Waals surface area (Å²) < 4.78 is 5.19. The van der Waals surface area contributed by atoms with Crippen molar-refractivity contribution in [2.45, 2.75) is 6.92 Å². The maximum absolute atomic E-state index is 5.19. The number of nitrogens with zero attached hydrogens (tertiary/aromatic N) is 2. The standard InChI is InChI=1S/C14H12N2O/c1-9-3-5-11-13(7-9)16-14-8-10(17-2)4-6-12(14)15-11/h3-8H,1-2H3. The molecule has 0 atom stereocenters. The van der Waals surface area contributed by atoms with Gasteiger partial charge in [0.1, 0.15) is 5.75 Å². The Balaban J connectivity index is 2.36. The van der Waals surface area contributed by atoms with Gasteiger partial charge in [0.2, 0.25) is 0 Å². The number of methoxy groups -OCH3 is 1. The molecule has 2 aromatic carbocycles. The van der Waals surface area contributed by atoms with Gasteiger partial charge in [0.05, 0.1) is 29.2 Å². The van der Waals surface area contributed by atoms with E-state index < -0.39 is 0 Å². The van der Waals surface area contributed by atoms with E-state index in [2.05, 4.69) is 16.9 Å². The van der Waals surface area contributed by atoms with Crippen molar-refractivity contribution in [2.75, 3.05) is 7.11 Å². The second kappa shape index (κ2) is 3.70. The zero-order valence-corrected chi connectivity index (χ0v) is 9.77. The van der Waals surface area contributed by atoms with Crippen LogP contribution >= 0.6 is 0 Å². The molecule has 17 heavy (non-hydrogen) atoms. The van der Waals surface area contributed by atoms with E-state index in [4.69, 9.17) is 4.74 Å². The van der Waals surface area contributed by atoms with E-state index in [1.165, 1.54) is 5.56 Å². The molecule has 0 aliphatic rings. The molecule has 84 valence electrons. The topological polar surface area (TPSA) is 35.0 Å². The Morgan fingerprint density at radius 3 is 2.24 bits per heavy atom. The quantitative estimate of drug-likeness (QED) is 0.596. The molecule has 1 heterocycles. The third kappa shape index (κ3) is 1.69. The molecule has 3 aromatic rings. The molecule has 3 heteroatoms. The van der Waals surface area contributed by atoms with Crippen LogP contribution in [0.15, 0.2) is 36.4 Å². The number of fused-ring (bicyclic) bond motifs is 2. The first kappa shape index (κ1) is 10.0. The third-order valence-electron chi connectivity index (χ3n) is 2.80. The number of aromatic nitrogens is 2. The maximum atomic E-state index is 5.19. The van der Waals surface area contributed by atoms with E-state index in [0.29, 0.717) is 0 Å². The lowest BCUT2D eigenvalue weighted by Crippen LogP contribution is -1.89. The van der Waals surface area contributed by atoms with E-state index in [1.54, 1.807) is 7.11 Å². The van der Waals surface area contributed by atoms with E-state index in [-0.39, 0.29) is 0 Å². The van der Waals surface area contributed by atoms with Crippen LogP contribution in [0.4, 0.5) is 0 Å². The molecule has 0 aliphatic carbocycles. The summed E-state index contributed by atoms with van der Waals surface area (Å²) in [4.78, 5) is 9.18. The van der Waals surface area contributed by atoms with Crippen molar-refractivity contribution < 1.29 is 4.74 Å². The highest BCUT2D eigenvalue weighted by atomic mass is 16.5. The Morgan fingerprint density at radius 1 is 0.824 bits per heavy atom. The summed E-state index contributed by atoms with van der Waals surface area (Å²) in [5, 5.41) is 0. The molecule has 0 aliphatic heterocycles. The Bertz CT molecular complexity index is 707. The molecule has 0 saturated carbocycles. The fraction of sp³-hybridized carbons (Fsp3) is 0.143. The lowest BCUT2D eigenvalue weighted by Gasteiger charge is -2.04. The van der Waals surface area contributed by atoms with Gasteiger partial charge in [0.25, 0.3) is 0 Å². The summed E-state index contributed by atoms with van der Waals surface area (Å²) in [7, 11) is 1.65. The van der Waals surface area contributed by atoms with Gasteiger partial charge in [0.15, 0.2) is 0 Å². The van der Waals surface area contributed by atoms with Crippen molar-refractivity contribution >= 4 is 22.1 Å². The van der Waals surface area contributed by atoms with Crippen LogP contribution in [0.2, 0.25) is 0 Å². The van der Waals surface area contributed by atoms with Gasteiger partial charge in [-0.3, -0.25) is 0 Å². The molecule has 0 fully saturated rings. The molecule has 0 spiro atoms. The average Bonchev–Trinajstić information content (AvgIpc) is 2.35. The summed E-state index contributed by atoms with van der Waals surface area (Å²) in [6.45, 7) is 2.05. The van der Waals surface area contributed by atoms with Crippen molar-refractivity contribution in [3.63, 3.8) is 0 Å². The highest BCUT2D eigenvalue weighted by Crippen LogP contribution is 2.21. The van der Waals surface area contributed by atoms with E-state index in [0.717, 1.165) is 27.8 Å². The van der Waals surface area contributed by atoms with Crippen LogP contribution in [0, 0.1) is 6.92 Å². The summed E-state index contributed by atoms with van der Waals surface area (Å²) in [5.74, 6) is 0.804. The minimum atomic E-state index is 0.804. The van der Waals surface area contributed by atoms with Gasteiger partial charge in [-0.25, -0.2) is 9.97 Å². The molecule has 0 bridgehead atoms. The van der Waals surface area contributed by atoms with E-state index in [1.807, 2.05) is 36.4 Å². The fourth-order valence-electron chi connectivity index (χ4n) is 1.89. The SMILES string of the molecule is COc1ccc2nc3ccc(C)cc3nc2c1. The summed E-state index contributed by atoms with van der Waals surface area (Å²) >= 11 is 0. The van der Waals surface area contributed by atoms with Crippen molar-refractivity contribution in [3.05, 3.63) is 42.0 Å². The maximum Gasteiger partial charge on any atom is 0.121 e. The van der Waals surface area contributed by atoms with Crippen LogP contribution in [-0.4, -0.2) is 17.1 Å². The summed E-state index contributed by atoms with van der Waals surface area (Å²) in [6.07, 6.45) is 0. The third-order valence-corrected chi connectivity index (χ3v) is 2.80. The molecular weight excluding hydrogens is 212 g/mol. The Hall–Kier alpha value is -2.16. The van der Waals surface area contributed by atoms with Gasteiger partial charge < -0.3 is 4.74 Å². The predicted octanol–water partition coefficient (Wildman–Crippen LogP) is 3.10. The van der Waals surface area contributed by atoms with Crippen LogP contribution in [0.25, 0.3) is 22.1 Å². The first-order valence-electron chi connectivity index (χ1n) is 5.48. The van der Waals surface area contributed by atoms with Crippen molar-refractivity contribution in [1.29, 1.82) is 0 Å². The fourth-order valence-corrected chi connectivity index (χ4v) is 1.89. The van der Waals surface area contributed by atoms with E-state index in [9.17, 15) is 0 Å². The molecule has 0 saturated heterocycles. The highest BCUT2D eigenvalue weighted by molar-refractivity contribution is 5.87. The smallest absolute Gasteiger partial charge is 0.121 e. The van der Waals surface area contributed by atoms with E-state index >= 15 is 0 Å². The molecule has 0 amide bonds. The molecular formula is C14H12N2O. The molecule has 0 radical (unpaired) electrons. The van der Waals surface area contributed by atoms with Crippen LogP contribution in [0.5, 0.6) is 5.75 Å². The van der Waals surface area contributed by atoms with Gasteiger partial charge in [-0.15, -0.1) is 0 Å². The van der Waals surface area contributed by atoms with Crippen molar-refractivity contribution in [3.8, 4) is 5.75 Å². The Kier molecular flexibility index (Phi) is 2.18. The largest absolute Gasteiger partial charge is 0.497 e. The number of hydrogen-bond donors (Lipinski definition) is 0. The minimum absolute atomic E-state index is 0.804. The molecule has 0 N–H and O–H groups in total. The normalized spacial score (nSPS) is 10.9. The number of benzene rings is 2. The van der Waals surface area contributed by atoms with Gasteiger partial charge in [-0.1, -0.05) is 6.07 Å². The van der Waals surface area contributed by atoms with Crippen LogP contribution < -0.4 is 4.74 Å². The van der Waals surface area contributed by atoms with Gasteiger partial charge in [-0.05, 0) is 36.8 Å². The van der Waals surface area contributed by atoms with Crippen molar-refractivity contribution in [1.82, 2.24) is 9.97 Å². The lowest BCUT2D eigenvalue weighted by atomic mass is 10.2. The lowest BCUT2D eigenvalue weighted by molar-refractivity contribution is 0.415. The number of rotatable bonds is 1. The van der Waals surface area contributed by atoms with Gasteiger partial charge in [-0.2, -0.15) is 0 Å². The average molecular weight is 224 g/mol. The van der Waals surface area contributed by atoms with Gasteiger partial charge >= 0.3 is 0 Å². The number of hydrogen-bond acceptors (Lipinski definition) is 3. The molecule has 3 nitrogen and oxygen atoms in total. The van der Waals surface area contributed by atoms with Gasteiger partial charge in [0, 0.05) is 6.07 Å². The van der Waals surface area contributed by atoms with Crippen LogP contribution in [0.3, 0.4) is 0 Å². The zero-order chi connectivity index (χ0) is 11.8. The van der Waals surface area contributed by atoms with Crippen LogP contribution in [-0.2, 0) is 0 Å². The molecule has 0 unspecified atom stereocenters. The Morgan fingerprint density at radius 2 is 1.47 bits per heavy atom. The second-order valence-corrected chi connectivity index (χ2v) is 4.07. The number of aryl methyl sites for hydroxylation is 1. The Labute approximate surface area is 99.1 Å². The number of ether oxygens (including phenoxy) is 1. The zero-order valence-electron chi connectivity index (χ0n) is 9.77. The first-order valence-corrected chi connectivity index (χ1v) is 5.48.